The third-order valence-corrected chi connectivity index (χ3v) is 5.02. The number of rotatable bonds is 5. The average Bonchev–Trinajstić information content (AvgIpc) is 2.71. The van der Waals surface area contributed by atoms with Crippen molar-refractivity contribution in [3.8, 4) is 0 Å². The minimum Gasteiger partial charge on any atom is -0.310 e. The Labute approximate surface area is 126 Å². The molecule has 0 radical (unpaired) electrons. The molecule has 0 spiro atoms. The van der Waals surface area contributed by atoms with E-state index >= 15 is 0 Å². The van der Waals surface area contributed by atoms with Crippen LogP contribution >= 0.6 is 11.3 Å². The number of benzene rings is 1. The first-order chi connectivity index (χ1) is 9.52. The standard InChI is InChI=1S/C17H24N2S/c1-6-18-16(10-17-19-13(4)14(5)20-17)15-9-7-8-11(2)12(15)3/h7-9,16,18H,6,10H2,1-5H3. The van der Waals surface area contributed by atoms with Gasteiger partial charge in [-0.3, -0.25) is 0 Å². The van der Waals surface area contributed by atoms with Crippen molar-refractivity contribution in [2.24, 2.45) is 0 Å². The maximum absolute atomic E-state index is 4.69. The van der Waals surface area contributed by atoms with Crippen LogP contribution in [-0.2, 0) is 6.42 Å². The lowest BCUT2D eigenvalue weighted by atomic mass is 9.95. The Morgan fingerprint density at radius 2 is 1.95 bits per heavy atom. The van der Waals surface area contributed by atoms with Crippen LogP contribution in [0.3, 0.4) is 0 Å². The molecule has 1 unspecified atom stereocenters. The molecule has 0 fully saturated rings. The van der Waals surface area contributed by atoms with Crippen LogP contribution in [0, 0.1) is 27.7 Å². The molecule has 1 aromatic carbocycles. The maximum atomic E-state index is 4.69. The summed E-state index contributed by atoms with van der Waals surface area (Å²) in [6, 6.07) is 6.92. The van der Waals surface area contributed by atoms with Crippen molar-refractivity contribution in [1.29, 1.82) is 0 Å². The summed E-state index contributed by atoms with van der Waals surface area (Å²) in [5, 5.41) is 4.84. The number of aromatic nitrogens is 1. The van der Waals surface area contributed by atoms with Gasteiger partial charge in [-0.05, 0) is 50.9 Å². The normalized spacial score (nSPS) is 12.7. The van der Waals surface area contributed by atoms with Gasteiger partial charge < -0.3 is 5.32 Å². The Morgan fingerprint density at radius 1 is 1.20 bits per heavy atom. The number of nitrogens with one attached hydrogen (secondary N) is 1. The van der Waals surface area contributed by atoms with Crippen molar-refractivity contribution in [3.05, 3.63) is 50.5 Å². The SMILES string of the molecule is CCNC(Cc1nc(C)c(C)s1)c1cccc(C)c1C. The van der Waals surface area contributed by atoms with E-state index in [1.54, 1.807) is 0 Å². The van der Waals surface area contributed by atoms with Gasteiger partial charge in [0.25, 0.3) is 0 Å². The van der Waals surface area contributed by atoms with E-state index in [9.17, 15) is 0 Å². The summed E-state index contributed by atoms with van der Waals surface area (Å²) in [4.78, 5) is 6.02. The van der Waals surface area contributed by atoms with Crippen molar-refractivity contribution >= 4 is 11.3 Å². The largest absolute Gasteiger partial charge is 0.310 e. The molecule has 0 saturated carbocycles. The quantitative estimate of drug-likeness (QED) is 0.888. The van der Waals surface area contributed by atoms with Gasteiger partial charge in [0, 0.05) is 17.3 Å². The van der Waals surface area contributed by atoms with Crippen LogP contribution < -0.4 is 5.32 Å². The summed E-state index contributed by atoms with van der Waals surface area (Å²) < 4.78 is 0. The van der Waals surface area contributed by atoms with Gasteiger partial charge in [0.05, 0.1) is 10.7 Å². The number of hydrogen-bond acceptors (Lipinski definition) is 3. The van der Waals surface area contributed by atoms with Crippen molar-refractivity contribution < 1.29 is 0 Å². The van der Waals surface area contributed by atoms with Gasteiger partial charge in [-0.1, -0.05) is 25.1 Å². The van der Waals surface area contributed by atoms with Gasteiger partial charge in [0.2, 0.25) is 0 Å². The highest BCUT2D eigenvalue weighted by Gasteiger charge is 2.16. The third kappa shape index (κ3) is 3.28. The van der Waals surface area contributed by atoms with E-state index < -0.39 is 0 Å². The fourth-order valence-electron chi connectivity index (χ4n) is 2.49. The predicted octanol–water partition coefficient (Wildman–Crippen LogP) is 4.27. The molecule has 0 aliphatic carbocycles. The van der Waals surface area contributed by atoms with Gasteiger partial charge in [-0.2, -0.15) is 0 Å². The minimum atomic E-state index is 0.352. The topological polar surface area (TPSA) is 24.9 Å². The summed E-state index contributed by atoms with van der Waals surface area (Å²) >= 11 is 1.82. The highest BCUT2D eigenvalue weighted by molar-refractivity contribution is 7.11. The molecule has 2 nitrogen and oxygen atoms in total. The lowest BCUT2D eigenvalue weighted by Crippen LogP contribution is -2.24. The molecule has 0 aliphatic rings. The van der Waals surface area contributed by atoms with E-state index in [-0.39, 0.29) is 0 Å². The molecule has 3 heteroatoms. The lowest BCUT2D eigenvalue weighted by molar-refractivity contribution is 0.545. The first kappa shape index (κ1) is 15.2. The Hall–Kier alpha value is -1.19. The number of hydrogen-bond donors (Lipinski definition) is 1. The van der Waals surface area contributed by atoms with Crippen molar-refractivity contribution in [2.75, 3.05) is 6.54 Å². The van der Waals surface area contributed by atoms with E-state index in [0.29, 0.717) is 6.04 Å². The molecular weight excluding hydrogens is 264 g/mol. The molecule has 108 valence electrons. The highest BCUT2D eigenvalue weighted by Crippen LogP contribution is 2.26. The van der Waals surface area contributed by atoms with Crippen molar-refractivity contribution in [3.63, 3.8) is 0 Å². The van der Waals surface area contributed by atoms with E-state index in [1.165, 1.54) is 32.3 Å². The van der Waals surface area contributed by atoms with Gasteiger partial charge in [0.1, 0.15) is 0 Å². The molecule has 0 bridgehead atoms. The van der Waals surface area contributed by atoms with Crippen LogP contribution in [0.2, 0.25) is 0 Å². The average molecular weight is 288 g/mol. The van der Waals surface area contributed by atoms with Crippen molar-refractivity contribution in [2.45, 2.75) is 47.1 Å². The first-order valence-corrected chi connectivity index (χ1v) is 8.07. The summed E-state index contributed by atoms with van der Waals surface area (Å²) in [5.41, 5.74) is 5.32. The zero-order valence-corrected chi connectivity index (χ0v) is 13.9. The Bertz CT molecular complexity index is 567. The zero-order valence-electron chi connectivity index (χ0n) is 13.1. The second kappa shape index (κ2) is 6.51. The molecule has 2 rings (SSSR count). The van der Waals surface area contributed by atoms with Crippen LogP contribution in [0.25, 0.3) is 0 Å². The van der Waals surface area contributed by atoms with Crippen LogP contribution in [-0.4, -0.2) is 11.5 Å². The second-order valence-corrected chi connectivity index (χ2v) is 6.64. The lowest BCUT2D eigenvalue weighted by Gasteiger charge is -2.20. The summed E-state index contributed by atoms with van der Waals surface area (Å²) in [6.45, 7) is 11.8. The molecule has 1 N–H and O–H groups in total. The van der Waals surface area contributed by atoms with E-state index in [0.717, 1.165) is 13.0 Å². The first-order valence-electron chi connectivity index (χ1n) is 7.25. The fourth-order valence-corrected chi connectivity index (χ4v) is 3.47. The predicted molar refractivity (Wildman–Crippen MR) is 87.6 cm³/mol. The molecule has 1 atom stereocenters. The van der Waals surface area contributed by atoms with E-state index in [2.05, 4.69) is 63.1 Å². The molecule has 2 aromatic rings. The number of thiazole rings is 1. The maximum Gasteiger partial charge on any atom is 0.0949 e. The monoisotopic (exact) mass is 288 g/mol. The minimum absolute atomic E-state index is 0.352. The number of nitrogens with zero attached hydrogens (tertiary/aromatic N) is 1. The third-order valence-electron chi connectivity index (χ3n) is 3.92. The number of likely N-dealkylation sites (N-methyl/N-ethyl adjacent to an activating group) is 1. The van der Waals surface area contributed by atoms with Crippen LogP contribution in [0.4, 0.5) is 0 Å². The molecule has 1 aromatic heterocycles. The zero-order chi connectivity index (χ0) is 14.7. The summed E-state index contributed by atoms with van der Waals surface area (Å²) in [7, 11) is 0. The van der Waals surface area contributed by atoms with Crippen LogP contribution in [0.5, 0.6) is 0 Å². The molecule has 0 saturated heterocycles. The second-order valence-electron chi connectivity index (χ2n) is 5.35. The smallest absolute Gasteiger partial charge is 0.0949 e. The Kier molecular flexibility index (Phi) is 4.95. The van der Waals surface area contributed by atoms with Crippen LogP contribution in [0.1, 0.15) is 45.2 Å². The van der Waals surface area contributed by atoms with Crippen LogP contribution in [0.15, 0.2) is 18.2 Å². The number of aryl methyl sites for hydroxylation is 3. The van der Waals surface area contributed by atoms with Gasteiger partial charge in [-0.25, -0.2) is 4.98 Å². The molecule has 0 aliphatic heterocycles. The Balaban J connectivity index is 2.29. The van der Waals surface area contributed by atoms with Gasteiger partial charge >= 0.3 is 0 Å². The molecular formula is C17H24N2S. The highest BCUT2D eigenvalue weighted by atomic mass is 32.1. The summed E-state index contributed by atoms with van der Waals surface area (Å²) in [5.74, 6) is 0. The molecule has 1 heterocycles. The molecule has 20 heavy (non-hydrogen) atoms. The van der Waals surface area contributed by atoms with Gasteiger partial charge in [-0.15, -0.1) is 11.3 Å². The van der Waals surface area contributed by atoms with E-state index in [4.69, 9.17) is 0 Å². The summed E-state index contributed by atoms with van der Waals surface area (Å²) in [6.07, 6.45) is 0.970. The van der Waals surface area contributed by atoms with E-state index in [1.807, 2.05) is 11.3 Å². The van der Waals surface area contributed by atoms with Crippen molar-refractivity contribution in [1.82, 2.24) is 10.3 Å². The van der Waals surface area contributed by atoms with Gasteiger partial charge in [0.15, 0.2) is 0 Å². The molecule has 0 amide bonds. The fraction of sp³-hybridized carbons (Fsp3) is 0.471. The Morgan fingerprint density at radius 3 is 2.55 bits per heavy atom.